The van der Waals surface area contributed by atoms with Crippen LogP contribution in [-0.4, -0.2) is 25.1 Å². The molecular weight excluding hydrogens is 221 g/mol. The monoisotopic (exact) mass is 239 g/mol. The molecule has 0 aromatic heterocycles. The highest BCUT2D eigenvalue weighted by Crippen LogP contribution is 2.33. The van der Waals surface area contributed by atoms with Crippen LogP contribution in [0.2, 0.25) is 0 Å². The van der Waals surface area contributed by atoms with Crippen LogP contribution in [0, 0.1) is 5.82 Å². The average molecular weight is 239 g/mol. The molecule has 1 heterocycles. The summed E-state index contributed by atoms with van der Waals surface area (Å²) >= 11 is 1.89. The summed E-state index contributed by atoms with van der Waals surface area (Å²) in [5.41, 5.74) is 1.55. The molecule has 1 N–H and O–H groups in total. The summed E-state index contributed by atoms with van der Waals surface area (Å²) in [5.74, 6) is 1.07. The number of halogens is 1. The molecule has 1 nitrogen and oxygen atoms in total. The fourth-order valence-corrected chi connectivity index (χ4v) is 2.74. The van der Waals surface area contributed by atoms with Crippen molar-refractivity contribution in [3.63, 3.8) is 0 Å². The molecule has 0 atom stereocenters. The molecule has 0 unspecified atom stereocenters. The van der Waals surface area contributed by atoms with E-state index in [4.69, 9.17) is 0 Å². The first-order chi connectivity index (χ1) is 7.77. The Hall–Kier alpha value is -0.540. The van der Waals surface area contributed by atoms with Crippen LogP contribution in [0.3, 0.4) is 0 Å². The molecule has 1 aliphatic rings. The number of nitrogens with one attached hydrogen (secondary N) is 1. The summed E-state index contributed by atoms with van der Waals surface area (Å²) in [7, 11) is 0. The third-order valence-electron chi connectivity index (χ3n) is 3.39. The minimum atomic E-state index is -0.143. The average Bonchev–Trinajstić information content (AvgIpc) is 2.24. The first-order valence-electron chi connectivity index (χ1n) is 5.73. The summed E-state index contributed by atoms with van der Waals surface area (Å²) in [6.07, 6.45) is 4.58. The van der Waals surface area contributed by atoms with E-state index in [2.05, 4.69) is 11.6 Å². The Bertz CT molecular complexity index is 332. The largest absolute Gasteiger partial charge is 0.315 e. The summed E-state index contributed by atoms with van der Waals surface area (Å²) < 4.78 is 12.9. The zero-order valence-electron chi connectivity index (χ0n) is 9.63. The maximum Gasteiger partial charge on any atom is 0.123 e. The molecule has 88 valence electrons. The molecule has 16 heavy (non-hydrogen) atoms. The van der Waals surface area contributed by atoms with Gasteiger partial charge in [-0.25, -0.2) is 4.39 Å². The molecule has 1 saturated heterocycles. The molecule has 1 fully saturated rings. The lowest BCUT2D eigenvalue weighted by Gasteiger charge is -2.43. The Morgan fingerprint density at radius 3 is 2.50 bits per heavy atom. The quantitative estimate of drug-likeness (QED) is 0.793. The van der Waals surface area contributed by atoms with Gasteiger partial charge in [-0.05, 0) is 42.5 Å². The van der Waals surface area contributed by atoms with E-state index in [-0.39, 0.29) is 11.2 Å². The van der Waals surface area contributed by atoms with Crippen molar-refractivity contribution < 1.29 is 4.39 Å². The highest BCUT2D eigenvalue weighted by Gasteiger charge is 2.37. The third kappa shape index (κ3) is 2.41. The van der Waals surface area contributed by atoms with Crippen molar-refractivity contribution in [1.82, 2.24) is 5.32 Å². The Labute approximate surface area is 101 Å². The van der Waals surface area contributed by atoms with E-state index in [1.54, 1.807) is 12.1 Å². The minimum Gasteiger partial charge on any atom is -0.315 e. The first-order valence-corrected chi connectivity index (χ1v) is 7.12. The SMILES string of the molecule is CSCCCC1(c2ccc(F)cc2)CNC1. The van der Waals surface area contributed by atoms with Crippen LogP contribution in [-0.2, 0) is 5.41 Å². The van der Waals surface area contributed by atoms with E-state index in [0.29, 0.717) is 0 Å². The number of hydrogen-bond donors (Lipinski definition) is 1. The van der Waals surface area contributed by atoms with Gasteiger partial charge < -0.3 is 5.32 Å². The second-order valence-electron chi connectivity index (χ2n) is 4.49. The molecule has 0 bridgehead atoms. The smallest absolute Gasteiger partial charge is 0.123 e. The second kappa shape index (κ2) is 5.19. The molecule has 0 amide bonds. The standard InChI is InChI=1S/C13H18FNS/c1-16-8-2-7-13(9-15-10-13)11-3-5-12(14)6-4-11/h3-6,15H,2,7-10H2,1H3. The van der Waals surface area contributed by atoms with Gasteiger partial charge in [0.25, 0.3) is 0 Å². The summed E-state index contributed by atoms with van der Waals surface area (Å²) in [6, 6.07) is 7.03. The second-order valence-corrected chi connectivity index (χ2v) is 5.47. The highest BCUT2D eigenvalue weighted by molar-refractivity contribution is 7.98. The molecule has 1 aliphatic heterocycles. The molecule has 2 rings (SSSR count). The lowest BCUT2D eigenvalue weighted by atomic mass is 9.72. The predicted octanol–water partition coefficient (Wildman–Crippen LogP) is 2.81. The topological polar surface area (TPSA) is 12.0 Å². The Morgan fingerprint density at radius 1 is 1.31 bits per heavy atom. The first kappa shape index (κ1) is 11.9. The van der Waals surface area contributed by atoms with Gasteiger partial charge >= 0.3 is 0 Å². The Kier molecular flexibility index (Phi) is 3.87. The van der Waals surface area contributed by atoms with Gasteiger partial charge in [-0.1, -0.05) is 12.1 Å². The van der Waals surface area contributed by atoms with Gasteiger partial charge in [-0.2, -0.15) is 11.8 Å². The summed E-state index contributed by atoms with van der Waals surface area (Å²) in [4.78, 5) is 0. The van der Waals surface area contributed by atoms with Crippen molar-refractivity contribution in [2.45, 2.75) is 18.3 Å². The fraction of sp³-hybridized carbons (Fsp3) is 0.538. The van der Waals surface area contributed by atoms with Crippen molar-refractivity contribution in [2.24, 2.45) is 0 Å². The lowest BCUT2D eigenvalue weighted by molar-refractivity contribution is 0.256. The third-order valence-corrected chi connectivity index (χ3v) is 4.08. The number of thioether (sulfide) groups is 1. The molecule has 0 aliphatic carbocycles. The van der Waals surface area contributed by atoms with Crippen molar-refractivity contribution in [1.29, 1.82) is 0 Å². The van der Waals surface area contributed by atoms with Crippen molar-refractivity contribution in [3.05, 3.63) is 35.6 Å². The molecule has 1 aromatic carbocycles. The van der Waals surface area contributed by atoms with Gasteiger partial charge in [0.05, 0.1) is 0 Å². The van der Waals surface area contributed by atoms with Gasteiger partial charge in [0.15, 0.2) is 0 Å². The fourth-order valence-electron chi connectivity index (χ4n) is 2.31. The van der Waals surface area contributed by atoms with Crippen LogP contribution < -0.4 is 5.32 Å². The van der Waals surface area contributed by atoms with Crippen LogP contribution in [0.15, 0.2) is 24.3 Å². The normalized spacial score (nSPS) is 18.1. The van der Waals surface area contributed by atoms with Crippen LogP contribution in [0.25, 0.3) is 0 Å². The van der Waals surface area contributed by atoms with Gasteiger partial charge in [-0.15, -0.1) is 0 Å². The molecular formula is C13H18FNS. The van der Waals surface area contributed by atoms with Crippen LogP contribution in [0.1, 0.15) is 18.4 Å². The molecule has 0 spiro atoms. The number of benzene rings is 1. The van der Waals surface area contributed by atoms with Crippen LogP contribution >= 0.6 is 11.8 Å². The van der Waals surface area contributed by atoms with E-state index in [1.807, 2.05) is 23.9 Å². The van der Waals surface area contributed by atoms with Crippen molar-refractivity contribution in [2.75, 3.05) is 25.1 Å². The van der Waals surface area contributed by atoms with E-state index in [0.717, 1.165) is 13.1 Å². The number of hydrogen-bond acceptors (Lipinski definition) is 2. The molecule has 3 heteroatoms. The van der Waals surface area contributed by atoms with Crippen LogP contribution in [0.5, 0.6) is 0 Å². The predicted molar refractivity (Wildman–Crippen MR) is 68.6 cm³/mol. The molecule has 1 aromatic rings. The van der Waals surface area contributed by atoms with Gasteiger partial charge in [0, 0.05) is 18.5 Å². The zero-order valence-corrected chi connectivity index (χ0v) is 10.4. The molecule has 0 saturated carbocycles. The lowest BCUT2D eigenvalue weighted by Crippen LogP contribution is -2.56. The summed E-state index contributed by atoms with van der Waals surface area (Å²) in [5, 5.41) is 3.34. The maximum absolute atomic E-state index is 12.9. The molecule has 0 radical (unpaired) electrons. The Balaban J connectivity index is 2.05. The van der Waals surface area contributed by atoms with Gasteiger partial charge in [-0.3, -0.25) is 0 Å². The zero-order chi connectivity index (χ0) is 11.4. The van der Waals surface area contributed by atoms with Crippen molar-refractivity contribution in [3.8, 4) is 0 Å². The van der Waals surface area contributed by atoms with Gasteiger partial charge in [0.1, 0.15) is 5.82 Å². The highest BCUT2D eigenvalue weighted by atomic mass is 32.2. The van der Waals surface area contributed by atoms with E-state index >= 15 is 0 Å². The van der Waals surface area contributed by atoms with E-state index in [1.165, 1.54) is 24.2 Å². The summed E-state index contributed by atoms with van der Waals surface area (Å²) in [6.45, 7) is 2.07. The van der Waals surface area contributed by atoms with E-state index < -0.39 is 0 Å². The Morgan fingerprint density at radius 2 is 2.00 bits per heavy atom. The number of rotatable bonds is 5. The maximum atomic E-state index is 12.9. The van der Waals surface area contributed by atoms with Gasteiger partial charge in [0.2, 0.25) is 0 Å². The minimum absolute atomic E-state index is 0.143. The van der Waals surface area contributed by atoms with E-state index in [9.17, 15) is 4.39 Å². The van der Waals surface area contributed by atoms with Crippen LogP contribution in [0.4, 0.5) is 4.39 Å². The van der Waals surface area contributed by atoms with Crippen molar-refractivity contribution >= 4 is 11.8 Å².